The van der Waals surface area contributed by atoms with E-state index in [1.165, 1.54) is 11.3 Å². The van der Waals surface area contributed by atoms with Crippen LogP contribution in [0.4, 0.5) is 0 Å². The van der Waals surface area contributed by atoms with Gasteiger partial charge in [0.1, 0.15) is 0 Å². The summed E-state index contributed by atoms with van der Waals surface area (Å²) in [7, 11) is 0. The summed E-state index contributed by atoms with van der Waals surface area (Å²) in [6, 6.07) is 7.66. The fourth-order valence-electron chi connectivity index (χ4n) is 1.55. The highest BCUT2D eigenvalue weighted by molar-refractivity contribution is 7.21. The van der Waals surface area contributed by atoms with E-state index in [4.69, 9.17) is 4.74 Å². The molecule has 3 nitrogen and oxygen atoms in total. The number of benzene rings is 1. The van der Waals surface area contributed by atoms with Crippen molar-refractivity contribution < 1.29 is 14.3 Å². The van der Waals surface area contributed by atoms with Crippen molar-refractivity contribution in [2.75, 3.05) is 6.61 Å². The third-order valence-corrected chi connectivity index (χ3v) is 3.46. The second-order valence-electron chi connectivity index (χ2n) is 3.70. The molecule has 4 heteroatoms. The second kappa shape index (κ2) is 4.67. The molecule has 1 heterocycles. The van der Waals surface area contributed by atoms with Gasteiger partial charge >= 0.3 is 5.97 Å². The SMILES string of the molecule is CCOC(=O)C(=O)c1cc2ccc(C)cc2s1. The number of ether oxygens (including phenoxy) is 1. The molecule has 1 aromatic heterocycles. The summed E-state index contributed by atoms with van der Waals surface area (Å²) in [6.07, 6.45) is 0. The third-order valence-electron chi connectivity index (χ3n) is 2.36. The Morgan fingerprint density at radius 3 is 2.76 bits per heavy atom. The lowest BCUT2D eigenvalue weighted by atomic mass is 10.2. The first-order valence-corrected chi connectivity index (χ1v) is 6.15. The lowest BCUT2D eigenvalue weighted by molar-refractivity contribution is -0.137. The van der Waals surface area contributed by atoms with E-state index >= 15 is 0 Å². The minimum absolute atomic E-state index is 0.217. The molecule has 2 aromatic rings. The van der Waals surface area contributed by atoms with E-state index in [2.05, 4.69) is 0 Å². The first-order valence-electron chi connectivity index (χ1n) is 5.33. The molecule has 0 fully saturated rings. The van der Waals surface area contributed by atoms with Crippen molar-refractivity contribution in [1.82, 2.24) is 0 Å². The zero-order valence-electron chi connectivity index (χ0n) is 9.65. The topological polar surface area (TPSA) is 43.4 Å². The minimum Gasteiger partial charge on any atom is -0.460 e. The van der Waals surface area contributed by atoms with Crippen LogP contribution in [0.5, 0.6) is 0 Å². The van der Waals surface area contributed by atoms with Gasteiger partial charge in [-0.25, -0.2) is 4.79 Å². The lowest BCUT2D eigenvalue weighted by Gasteiger charge is -1.96. The summed E-state index contributed by atoms with van der Waals surface area (Å²) in [4.78, 5) is 23.5. The summed E-state index contributed by atoms with van der Waals surface area (Å²) in [6.45, 7) is 3.89. The summed E-state index contributed by atoms with van der Waals surface area (Å²) < 4.78 is 5.71. The number of fused-ring (bicyclic) bond motifs is 1. The first kappa shape index (κ1) is 11.8. The van der Waals surface area contributed by atoms with Gasteiger partial charge in [-0.1, -0.05) is 12.1 Å². The highest BCUT2D eigenvalue weighted by Crippen LogP contribution is 2.27. The molecule has 1 aromatic carbocycles. The molecule has 0 N–H and O–H groups in total. The van der Waals surface area contributed by atoms with Crippen molar-refractivity contribution in [3.8, 4) is 0 Å². The number of esters is 1. The smallest absolute Gasteiger partial charge is 0.380 e. The Morgan fingerprint density at radius 1 is 1.29 bits per heavy atom. The van der Waals surface area contributed by atoms with Crippen molar-refractivity contribution in [2.24, 2.45) is 0 Å². The molecular formula is C13H12O3S. The second-order valence-corrected chi connectivity index (χ2v) is 4.79. The minimum atomic E-state index is -0.782. The predicted octanol–water partition coefficient (Wildman–Crippen LogP) is 2.96. The Bertz CT molecular complexity index is 583. The molecule has 2 rings (SSSR count). The fourth-order valence-corrected chi connectivity index (χ4v) is 2.64. The van der Waals surface area contributed by atoms with Gasteiger partial charge in [0.15, 0.2) is 0 Å². The standard InChI is InChI=1S/C13H12O3S/c1-3-16-13(15)12(14)11-7-9-5-4-8(2)6-10(9)17-11/h4-7H,3H2,1-2H3. The lowest BCUT2D eigenvalue weighted by Crippen LogP contribution is -2.16. The maximum Gasteiger partial charge on any atom is 0.380 e. The van der Waals surface area contributed by atoms with Crippen LogP contribution in [0.1, 0.15) is 22.2 Å². The Hall–Kier alpha value is -1.68. The fraction of sp³-hybridized carbons (Fsp3) is 0.231. The molecule has 0 spiro atoms. The van der Waals surface area contributed by atoms with Crippen molar-refractivity contribution in [3.05, 3.63) is 34.7 Å². The summed E-state index contributed by atoms with van der Waals surface area (Å²) in [5.41, 5.74) is 1.13. The van der Waals surface area contributed by atoms with Crippen molar-refractivity contribution >= 4 is 33.2 Å². The molecule has 0 aliphatic heterocycles. The van der Waals surface area contributed by atoms with E-state index in [-0.39, 0.29) is 6.61 Å². The molecule has 0 aliphatic rings. The van der Waals surface area contributed by atoms with Crippen LogP contribution in [-0.2, 0) is 9.53 Å². The number of Topliss-reactive ketones (excluding diaryl/α,β-unsaturated/α-hetero) is 1. The van der Waals surface area contributed by atoms with Crippen molar-refractivity contribution in [2.45, 2.75) is 13.8 Å². The van der Waals surface area contributed by atoms with E-state index in [1.54, 1.807) is 13.0 Å². The summed E-state index contributed by atoms with van der Waals surface area (Å²) in [5, 5.41) is 0.980. The van der Waals surface area contributed by atoms with E-state index in [1.807, 2.05) is 25.1 Å². The molecule has 0 saturated heterocycles. The van der Waals surface area contributed by atoms with Crippen LogP contribution in [0.3, 0.4) is 0 Å². The van der Waals surface area contributed by atoms with Gasteiger partial charge in [-0.15, -0.1) is 11.3 Å². The third kappa shape index (κ3) is 2.36. The Kier molecular flexibility index (Phi) is 3.24. The number of ketones is 1. The van der Waals surface area contributed by atoms with E-state index in [9.17, 15) is 9.59 Å². The number of carbonyl (C=O) groups excluding carboxylic acids is 2. The molecule has 0 amide bonds. The molecule has 0 unspecified atom stereocenters. The van der Waals surface area contributed by atoms with Crippen LogP contribution >= 0.6 is 11.3 Å². The molecule has 88 valence electrons. The number of hydrogen-bond acceptors (Lipinski definition) is 4. The van der Waals surface area contributed by atoms with Gasteiger partial charge in [0, 0.05) is 4.70 Å². The van der Waals surface area contributed by atoms with Gasteiger partial charge in [0.2, 0.25) is 0 Å². The first-order chi connectivity index (χ1) is 8.11. The normalized spacial score (nSPS) is 10.5. The molecule has 0 saturated carbocycles. The van der Waals surface area contributed by atoms with Crippen molar-refractivity contribution in [3.63, 3.8) is 0 Å². The van der Waals surface area contributed by atoms with Gasteiger partial charge in [0.25, 0.3) is 5.78 Å². The molecule has 0 bridgehead atoms. The van der Waals surface area contributed by atoms with Crippen LogP contribution in [0, 0.1) is 6.92 Å². The molecule has 0 radical (unpaired) electrons. The van der Waals surface area contributed by atoms with Crippen molar-refractivity contribution in [1.29, 1.82) is 0 Å². The van der Waals surface area contributed by atoms with Crippen LogP contribution < -0.4 is 0 Å². The van der Waals surface area contributed by atoms with Crippen LogP contribution in [0.25, 0.3) is 10.1 Å². The largest absolute Gasteiger partial charge is 0.460 e. The van der Waals surface area contributed by atoms with Crippen LogP contribution in [0.2, 0.25) is 0 Å². The van der Waals surface area contributed by atoms with Gasteiger partial charge in [-0.3, -0.25) is 4.79 Å². The maximum atomic E-state index is 11.7. The van der Waals surface area contributed by atoms with Gasteiger partial charge in [-0.2, -0.15) is 0 Å². The average Bonchev–Trinajstić information content (AvgIpc) is 2.71. The number of aryl methyl sites for hydroxylation is 1. The Labute approximate surface area is 103 Å². The Morgan fingerprint density at radius 2 is 2.06 bits per heavy atom. The monoisotopic (exact) mass is 248 g/mol. The van der Waals surface area contributed by atoms with E-state index in [0.29, 0.717) is 4.88 Å². The average molecular weight is 248 g/mol. The summed E-state index contributed by atoms with van der Waals surface area (Å²) >= 11 is 1.32. The number of rotatable bonds is 3. The van der Waals surface area contributed by atoms with E-state index < -0.39 is 11.8 Å². The maximum absolute atomic E-state index is 11.7. The molecular weight excluding hydrogens is 236 g/mol. The quantitative estimate of drug-likeness (QED) is 0.476. The summed E-state index contributed by atoms with van der Waals surface area (Å²) in [5.74, 6) is -1.35. The highest BCUT2D eigenvalue weighted by atomic mass is 32.1. The highest BCUT2D eigenvalue weighted by Gasteiger charge is 2.19. The number of thiophene rings is 1. The van der Waals surface area contributed by atoms with Gasteiger partial charge < -0.3 is 4.74 Å². The Balaban J connectivity index is 2.36. The van der Waals surface area contributed by atoms with Crippen LogP contribution in [0.15, 0.2) is 24.3 Å². The molecule has 0 atom stereocenters. The molecule has 17 heavy (non-hydrogen) atoms. The zero-order chi connectivity index (χ0) is 12.4. The predicted molar refractivity (Wildman–Crippen MR) is 67.5 cm³/mol. The van der Waals surface area contributed by atoms with Gasteiger partial charge in [0.05, 0.1) is 11.5 Å². The zero-order valence-corrected chi connectivity index (χ0v) is 10.5. The van der Waals surface area contributed by atoms with E-state index in [0.717, 1.165) is 15.6 Å². The number of carbonyl (C=O) groups is 2. The van der Waals surface area contributed by atoms with Gasteiger partial charge in [-0.05, 0) is 36.9 Å². The number of hydrogen-bond donors (Lipinski definition) is 0. The molecule has 0 aliphatic carbocycles. The van der Waals surface area contributed by atoms with Crippen LogP contribution in [-0.4, -0.2) is 18.4 Å².